The first-order chi connectivity index (χ1) is 16.4. The van der Waals surface area contributed by atoms with Crippen LogP contribution in [0.3, 0.4) is 0 Å². The van der Waals surface area contributed by atoms with Gasteiger partial charge in [-0.2, -0.15) is 0 Å². The van der Waals surface area contributed by atoms with Crippen LogP contribution in [-0.4, -0.2) is 37.9 Å². The predicted molar refractivity (Wildman–Crippen MR) is 131 cm³/mol. The summed E-state index contributed by atoms with van der Waals surface area (Å²) in [5.41, 5.74) is 2.05. The van der Waals surface area contributed by atoms with Crippen molar-refractivity contribution in [3.63, 3.8) is 0 Å². The van der Waals surface area contributed by atoms with Gasteiger partial charge in [-0.25, -0.2) is 8.42 Å². The lowest BCUT2D eigenvalue weighted by Crippen LogP contribution is -2.23. The van der Waals surface area contributed by atoms with E-state index in [4.69, 9.17) is 21.1 Å². The van der Waals surface area contributed by atoms with Gasteiger partial charge in [-0.15, -0.1) is 0 Å². The van der Waals surface area contributed by atoms with Gasteiger partial charge in [-0.1, -0.05) is 48.0 Å². The summed E-state index contributed by atoms with van der Waals surface area (Å²) in [7, 11) is -3.93. The Morgan fingerprint density at radius 1 is 0.971 bits per heavy atom. The Kier molecular flexibility index (Phi) is 5.93. The van der Waals surface area contributed by atoms with Gasteiger partial charge in [0.15, 0.2) is 21.3 Å². The van der Waals surface area contributed by atoms with Crippen LogP contribution in [0.5, 0.6) is 11.5 Å². The van der Waals surface area contributed by atoms with Crippen LogP contribution < -0.4 is 14.8 Å². The molecule has 4 aromatic rings. The zero-order valence-electron chi connectivity index (χ0n) is 18.0. The number of sulfone groups is 1. The molecule has 1 aliphatic rings. The fourth-order valence-electron chi connectivity index (χ4n) is 3.97. The summed E-state index contributed by atoms with van der Waals surface area (Å²) in [6.07, 6.45) is 1.57. The number of ether oxygens (including phenoxy) is 2. The van der Waals surface area contributed by atoms with E-state index in [1.807, 2.05) is 34.9 Å². The van der Waals surface area contributed by atoms with Crippen molar-refractivity contribution < 1.29 is 22.7 Å². The van der Waals surface area contributed by atoms with E-state index in [-0.39, 0.29) is 4.90 Å². The largest absolute Gasteiger partial charge is 0.486 e. The molecule has 1 aromatic heterocycles. The minimum atomic E-state index is -3.93. The number of aromatic nitrogens is 1. The second-order valence-corrected chi connectivity index (χ2v) is 10.3. The van der Waals surface area contributed by atoms with Crippen molar-refractivity contribution in [2.24, 2.45) is 0 Å². The summed E-state index contributed by atoms with van der Waals surface area (Å²) in [4.78, 5) is 12.8. The molecule has 7 nitrogen and oxygen atoms in total. The van der Waals surface area contributed by atoms with Gasteiger partial charge in [0.25, 0.3) is 0 Å². The number of hydrogen-bond acceptors (Lipinski definition) is 5. The van der Waals surface area contributed by atoms with E-state index in [9.17, 15) is 13.2 Å². The zero-order valence-corrected chi connectivity index (χ0v) is 19.6. The van der Waals surface area contributed by atoms with Gasteiger partial charge in [0.2, 0.25) is 5.91 Å². The SMILES string of the molecule is O=C(CS(=O)(=O)c1cn(Cc2ccccc2Cl)c2ccccc12)Nc1ccc2c(c1)OCCO2. The molecule has 0 unspecified atom stereocenters. The minimum absolute atomic E-state index is 0.104. The second-order valence-electron chi connectivity index (χ2n) is 7.90. The maximum absolute atomic E-state index is 13.3. The molecule has 1 amide bonds. The number of amides is 1. The molecular weight excluding hydrogens is 476 g/mol. The third-order valence-electron chi connectivity index (χ3n) is 5.53. The summed E-state index contributed by atoms with van der Waals surface area (Å²) in [5, 5.41) is 3.80. The first-order valence-corrected chi connectivity index (χ1v) is 12.7. The highest BCUT2D eigenvalue weighted by Gasteiger charge is 2.25. The van der Waals surface area contributed by atoms with Crippen molar-refractivity contribution >= 4 is 43.9 Å². The number of benzene rings is 3. The van der Waals surface area contributed by atoms with Crippen molar-refractivity contribution in [2.45, 2.75) is 11.4 Å². The van der Waals surface area contributed by atoms with Crippen LogP contribution in [0.1, 0.15) is 5.56 Å². The Morgan fingerprint density at radius 2 is 1.71 bits per heavy atom. The third kappa shape index (κ3) is 4.47. The van der Waals surface area contributed by atoms with Crippen molar-refractivity contribution in [3.8, 4) is 11.5 Å². The van der Waals surface area contributed by atoms with E-state index in [0.29, 0.717) is 47.4 Å². The highest BCUT2D eigenvalue weighted by atomic mass is 35.5. The van der Waals surface area contributed by atoms with E-state index in [1.54, 1.807) is 42.6 Å². The van der Waals surface area contributed by atoms with Crippen LogP contribution in [-0.2, 0) is 21.2 Å². The van der Waals surface area contributed by atoms with Crippen LogP contribution in [0.15, 0.2) is 77.8 Å². The Morgan fingerprint density at radius 3 is 2.53 bits per heavy atom. The molecule has 34 heavy (non-hydrogen) atoms. The van der Waals surface area contributed by atoms with Gasteiger partial charge >= 0.3 is 0 Å². The predicted octanol–water partition coefficient (Wildman–Crippen LogP) is 4.53. The average Bonchev–Trinajstić information content (AvgIpc) is 3.20. The smallest absolute Gasteiger partial charge is 0.239 e. The number of carbonyl (C=O) groups is 1. The molecule has 5 rings (SSSR count). The summed E-state index contributed by atoms with van der Waals surface area (Å²) in [6.45, 7) is 1.27. The second kappa shape index (κ2) is 9.04. The van der Waals surface area contributed by atoms with Crippen LogP contribution in [0.2, 0.25) is 5.02 Å². The Hall–Kier alpha value is -3.49. The van der Waals surface area contributed by atoms with Gasteiger partial charge in [-0.3, -0.25) is 4.79 Å². The van der Waals surface area contributed by atoms with Gasteiger partial charge < -0.3 is 19.4 Å². The lowest BCUT2D eigenvalue weighted by molar-refractivity contribution is -0.113. The van der Waals surface area contributed by atoms with Crippen molar-refractivity contribution in [3.05, 3.63) is 83.5 Å². The molecule has 0 aliphatic carbocycles. The van der Waals surface area contributed by atoms with E-state index in [1.165, 1.54) is 0 Å². The third-order valence-corrected chi connectivity index (χ3v) is 7.54. The van der Waals surface area contributed by atoms with Crippen molar-refractivity contribution in [1.82, 2.24) is 4.57 Å². The summed E-state index contributed by atoms with van der Waals surface area (Å²) in [5.74, 6) is -0.237. The number of para-hydroxylation sites is 1. The number of nitrogens with zero attached hydrogens (tertiary/aromatic N) is 1. The number of carbonyl (C=O) groups excluding carboxylic acids is 1. The first-order valence-electron chi connectivity index (χ1n) is 10.6. The van der Waals surface area contributed by atoms with Crippen molar-refractivity contribution in [2.75, 3.05) is 24.3 Å². The number of rotatable bonds is 6. The monoisotopic (exact) mass is 496 g/mol. The first kappa shape index (κ1) is 22.3. The quantitative estimate of drug-likeness (QED) is 0.424. The molecule has 0 fully saturated rings. The average molecular weight is 497 g/mol. The van der Waals surface area contributed by atoms with Crippen LogP contribution in [0, 0.1) is 0 Å². The van der Waals surface area contributed by atoms with Crippen LogP contribution in [0.4, 0.5) is 5.69 Å². The molecule has 3 aromatic carbocycles. The standard InChI is InChI=1S/C25H21ClN2O5S/c26-20-7-3-1-5-17(20)14-28-15-24(19-6-2-4-8-21(19)28)34(30,31)16-25(29)27-18-9-10-22-23(13-18)33-12-11-32-22/h1-10,13,15H,11-12,14,16H2,(H,27,29). The number of nitrogens with one attached hydrogen (secondary N) is 1. The van der Waals surface area contributed by atoms with E-state index >= 15 is 0 Å². The molecule has 174 valence electrons. The highest BCUT2D eigenvalue weighted by Crippen LogP contribution is 2.33. The number of hydrogen-bond donors (Lipinski definition) is 1. The lowest BCUT2D eigenvalue weighted by atomic mass is 10.2. The summed E-state index contributed by atoms with van der Waals surface area (Å²) in [6, 6.07) is 19.6. The molecule has 0 saturated heterocycles. The Balaban J connectivity index is 1.40. The number of halogens is 1. The molecule has 0 spiro atoms. The molecule has 2 heterocycles. The lowest BCUT2D eigenvalue weighted by Gasteiger charge is -2.19. The fourth-order valence-corrected chi connectivity index (χ4v) is 5.53. The van der Waals surface area contributed by atoms with Crippen LogP contribution >= 0.6 is 11.6 Å². The molecule has 0 saturated carbocycles. The zero-order chi connectivity index (χ0) is 23.7. The molecule has 0 atom stereocenters. The topological polar surface area (TPSA) is 86.6 Å². The summed E-state index contributed by atoms with van der Waals surface area (Å²) >= 11 is 6.31. The Labute approximate surface area is 201 Å². The van der Waals surface area contributed by atoms with E-state index in [0.717, 1.165) is 11.1 Å². The number of anilines is 1. The minimum Gasteiger partial charge on any atom is -0.486 e. The molecule has 9 heteroatoms. The molecular formula is C25H21ClN2O5S. The van der Waals surface area contributed by atoms with E-state index in [2.05, 4.69) is 5.32 Å². The Bertz CT molecular complexity index is 1500. The summed E-state index contributed by atoms with van der Waals surface area (Å²) < 4.78 is 39.4. The fraction of sp³-hybridized carbons (Fsp3) is 0.160. The number of fused-ring (bicyclic) bond motifs is 2. The highest BCUT2D eigenvalue weighted by molar-refractivity contribution is 7.92. The van der Waals surface area contributed by atoms with Gasteiger partial charge in [-0.05, 0) is 29.8 Å². The van der Waals surface area contributed by atoms with Gasteiger partial charge in [0.05, 0.1) is 4.90 Å². The molecule has 0 radical (unpaired) electrons. The maximum atomic E-state index is 13.3. The van der Waals surface area contributed by atoms with Gasteiger partial charge in [0, 0.05) is 40.4 Å². The normalized spacial score (nSPS) is 13.1. The molecule has 0 bridgehead atoms. The van der Waals surface area contributed by atoms with Crippen LogP contribution in [0.25, 0.3) is 10.9 Å². The van der Waals surface area contributed by atoms with Crippen molar-refractivity contribution in [1.29, 1.82) is 0 Å². The molecule has 1 N–H and O–H groups in total. The molecule has 1 aliphatic heterocycles. The van der Waals surface area contributed by atoms with Gasteiger partial charge in [0.1, 0.15) is 19.0 Å². The van der Waals surface area contributed by atoms with E-state index < -0.39 is 21.5 Å². The maximum Gasteiger partial charge on any atom is 0.239 e.